The van der Waals surface area contributed by atoms with E-state index in [1.165, 1.54) is 18.2 Å². The Kier molecular flexibility index (Phi) is 7.91. The maximum Gasteiger partial charge on any atom is 0.428 e. The Morgan fingerprint density at radius 2 is 1.67 bits per heavy atom. The minimum atomic E-state index is -3.95. The van der Waals surface area contributed by atoms with Gasteiger partial charge in [-0.3, -0.25) is 0 Å². The SMILES string of the molecule is CC(C)OC(=NC(=O)Nc1ccccc1OC(F)(F)C(Cl)Cl)c1c(F)cccc1F. The maximum absolute atomic E-state index is 14.1. The van der Waals surface area contributed by atoms with Gasteiger partial charge in [-0.2, -0.15) is 13.8 Å². The third-order valence-corrected chi connectivity index (χ3v) is 3.86. The number of halogens is 6. The van der Waals surface area contributed by atoms with E-state index in [1.54, 1.807) is 13.8 Å². The molecule has 5 nitrogen and oxygen atoms in total. The number of carbonyl (C=O) groups excluding carboxylic acids is 1. The monoisotopic (exact) mass is 466 g/mol. The zero-order valence-electron chi connectivity index (χ0n) is 15.6. The number of aliphatic imine (C=N–C) groups is 1. The van der Waals surface area contributed by atoms with Crippen molar-refractivity contribution in [3.63, 3.8) is 0 Å². The van der Waals surface area contributed by atoms with Crippen LogP contribution in [0.5, 0.6) is 5.75 Å². The van der Waals surface area contributed by atoms with Gasteiger partial charge in [-0.1, -0.05) is 41.4 Å². The van der Waals surface area contributed by atoms with Crippen LogP contribution in [0, 0.1) is 11.6 Å². The number of para-hydroxylation sites is 2. The number of benzene rings is 2. The van der Waals surface area contributed by atoms with Crippen LogP contribution in [0.25, 0.3) is 0 Å². The number of amides is 2. The normalized spacial score (nSPS) is 12.3. The number of urea groups is 1. The third kappa shape index (κ3) is 6.24. The Hall–Kier alpha value is -2.52. The van der Waals surface area contributed by atoms with Gasteiger partial charge in [0.2, 0.25) is 10.7 Å². The smallest absolute Gasteiger partial charge is 0.428 e. The van der Waals surface area contributed by atoms with E-state index in [1.807, 2.05) is 0 Å². The summed E-state index contributed by atoms with van der Waals surface area (Å²) in [6, 6.07) is 7.07. The highest BCUT2D eigenvalue weighted by molar-refractivity contribution is 6.44. The minimum absolute atomic E-state index is 0.210. The van der Waals surface area contributed by atoms with E-state index in [0.29, 0.717) is 0 Å². The number of nitrogens with one attached hydrogen (secondary N) is 1. The Bertz CT molecular complexity index is 919. The summed E-state index contributed by atoms with van der Waals surface area (Å²) < 4.78 is 65.3. The summed E-state index contributed by atoms with van der Waals surface area (Å²) >= 11 is 10.4. The van der Waals surface area contributed by atoms with Crippen LogP contribution >= 0.6 is 23.2 Å². The molecule has 30 heavy (non-hydrogen) atoms. The van der Waals surface area contributed by atoms with Crippen molar-refractivity contribution in [2.24, 2.45) is 4.99 Å². The molecule has 0 aliphatic rings. The quantitative estimate of drug-likeness (QED) is 0.240. The lowest BCUT2D eigenvalue weighted by molar-refractivity contribution is -0.163. The molecule has 2 amide bonds. The number of anilines is 1. The molecular formula is C19H16Cl2F4N2O3. The van der Waals surface area contributed by atoms with Gasteiger partial charge >= 0.3 is 12.1 Å². The molecule has 0 heterocycles. The van der Waals surface area contributed by atoms with Crippen molar-refractivity contribution in [1.29, 1.82) is 0 Å². The zero-order valence-corrected chi connectivity index (χ0v) is 17.1. The maximum atomic E-state index is 14.1. The third-order valence-electron chi connectivity index (χ3n) is 3.36. The highest BCUT2D eigenvalue weighted by atomic mass is 35.5. The van der Waals surface area contributed by atoms with Gasteiger partial charge < -0.3 is 14.8 Å². The summed E-state index contributed by atoms with van der Waals surface area (Å²) in [5, 5.41) is 2.19. The largest absolute Gasteiger partial charge is 0.474 e. The van der Waals surface area contributed by atoms with Gasteiger partial charge in [-0.15, -0.1) is 0 Å². The topological polar surface area (TPSA) is 59.9 Å². The van der Waals surface area contributed by atoms with E-state index in [9.17, 15) is 22.4 Å². The summed E-state index contributed by atoms with van der Waals surface area (Å²) in [5.41, 5.74) is -0.859. The fourth-order valence-corrected chi connectivity index (χ4v) is 2.24. The minimum Gasteiger partial charge on any atom is -0.474 e. The van der Waals surface area contributed by atoms with Crippen LogP contribution in [-0.4, -0.2) is 29.0 Å². The highest BCUT2D eigenvalue weighted by Crippen LogP contribution is 2.34. The van der Waals surface area contributed by atoms with Gasteiger partial charge in [0, 0.05) is 0 Å². The zero-order chi connectivity index (χ0) is 22.5. The summed E-state index contributed by atoms with van der Waals surface area (Å²) in [5.74, 6) is -3.08. The number of alkyl halides is 4. The molecule has 0 atom stereocenters. The Morgan fingerprint density at radius 3 is 2.23 bits per heavy atom. The molecule has 2 aromatic rings. The van der Waals surface area contributed by atoms with Crippen LogP contribution in [0.1, 0.15) is 19.4 Å². The first-order chi connectivity index (χ1) is 14.0. The van der Waals surface area contributed by atoms with E-state index in [4.69, 9.17) is 27.9 Å². The van der Waals surface area contributed by atoms with Gasteiger partial charge in [-0.05, 0) is 38.1 Å². The predicted octanol–water partition coefficient (Wildman–Crippen LogP) is 6.14. The fourth-order valence-electron chi connectivity index (χ4n) is 2.15. The second-order valence-corrected chi connectivity index (χ2v) is 7.17. The lowest BCUT2D eigenvalue weighted by Gasteiger charge is -2.20. The van der Waals surface area contributed by atoms with Gasteiger partial charge in [0.05, 0.1) is 11.8 Å². The molecule has 0 radical (unpaired) electrons. The highest BCUT2D eigenvalue weighted by Gasteiger charge is 2.40. The van der Waals surface area contributed by atoms with E-state index >= 15 is 0 Å². The van der Waals surface area contributed by atoms with Crippen LogP contribution in [0.4, 0.5) is 28.0 Å². The van der Waals surface area contributed by atoms with Crippen molar-refractivity contribution < 1.29 is 31.8 Å². The molecule has 0 aliphatic heterocycles. The van der Waals surface area contributed by atoms with Crippen molar-refractivity contribution in [2.75, 3.05) is 5.32 Å². The Morgan fingerprint density at radius 1 is 1.07 bits per heavy atom. The van der Waals surface area contributed by atoms with E-state index in [-0.39, 0.29) is 5.69 Å². The van der Waals surface area contributed by atoms with E-state index in [0.717, 1.165) is 24.3 Å². The van der Waals surface area contributed by atoms with Crippen LogP contribution in [0.15, 0.2) is 47.5 Å². The fraction of sp³-hybridized carbons (Fsp3) is 0.263. The summed E-state index contributed by atoms with van der Waals surface area (Å²) in [6.07, 6.45) is -4.52. The molecule has 0 unspecified atom stereocenters. The second-order valence-electron chi connectivity index (χ2n) is 6.07. The van der Waals surface area contributed by atoms with Crippen molar-refractivity contribution >= 4 is 40.8 Å². The number of ether oxygens (including phenoxy) is 2. The average Bonchev–Trinajstić information content (AvgIpc) is 2.62. The first-order valence-electron chi connectivity index (χ1n) is 8.46. The van der Waals surface area contributed by atoms with Gasteiger partial charge in [0.15, 0.2) is 0 Å². The van der Waals surface area contributed by atoms with Crippen molar-refractivity contribution in [1.82, 2.24) is 0 Å². The summed E-state index contributed by atoms with van der Waals surface area (Å²) in [7, 11) is 0. The second kappa shape index (κ2) is 9.99. The van der Waals surface area contributed by atoms with Crippen molar-refractivity contribution in [3.05, 3.63) is 59.7 Å². The van der Waals surface area contributed by atoms with Crippen LogP contribution < -0.4 is 10.1 Å². The molecule has 0 spiro atoms. The van der Waals surface area contributed by atoms with Crippen LogP contribution in [0.2, 0.25) is 0 Å². The van der Waals surface area contributed by atoms with Crippen molar-refractivity contribution in [3.8, 4) is 5.75 Å². The molecule has 2 rings (SSSR count). The first-order valence-corrected chi connectivity index (χ1v) is 9.33. The summed E-state index contributed by atoms with van der Waals surface area (Å²) in [4.78, 5) is 13.7. The molecule has 0 aromatic heterocycles. The molecule has 162 valence electrons. The predicted molar refractivity (Wildman–Crippen MR) is 106 cm³/mol. The molecule has 0 bridgehead atoms. The van der Waals surface area contributed by atoms with Gasteiger partial charge in [-0.25, -0.2) is 13.6 Å². The van der Waals surface area contributed by atoms with Crippen LogP contribution in [0.3, 0.4) is 0 Å². The molecule has 0 saturated carbocycles. The average molecular weight is 467 g/mol. The van der Waals surface area contributed by atoms with E-state index < -0.39 is 51.9 Å². The number of nitrogens with zero attached hydrogens (tertiary/aromatic N) is 1. The molecule has 0 fully saturated rings. The standard InChI is InChI=1S/C19H16Cl2F4N2O3/c1-10(2)29-16(15-11(22)6-5-7-12(15)23)27-18(28)26-13-8-3-4-9-14(13)30-19(24,25)17(20)21/h3-10,17H,1-2H3,(H,26,28). The van der Waals surface area contributed by atoms with Gasteiger partial charge in [0.25, 0.3) is 0 Å². The molecule has 1 N–H and O–H groups in total. The molecule has 0 aliphatic carbocycles. The molecular weight excluding hydrogens is 451 g/mol. The molecule has 0 saturated heterocycles. The van der Waals surface area contributed by atoms with Gasteiger partial charge in [0.1, 0.15) is 22.9 Å². The van der Waals surface area contributed by atoms with Crippen LogP contribution in [-0.2, 0) is 4.74 Å². The lowest BCUT2D eigenvalue weighted by Crippen LogP contribution is -2.32. The molecule has 2 aromatic carbocycles. The first kappa shape index (κ1) is 23.8. The number of rotatable bonds is 6. The van der Waals surface area contributed by atoms with E-state index in [2.05, 4.69) is 15.0 Å². The summed E-state index contributed by atoms with van der Waals surface area (Å²) in [6.45, 7) is 3.12. The lowest BCUT2D eigenvalue weighted by atomic mass is 10.2. The number of hydrogen-bond acceptors (Lipinski definition) is 3. The Labute approximate surface area is 179 Å². The number of carbonyl (C=O) groups is 1. The van der Waals surface area contributed by atoms with Crippen molar-refractivity contribution in [2.45, 2.75) is 30.9 Å². The molecule has 11 heteroatoms. The Balaban J connectivity index is 2.35. The number of hydrogen-bond donors (Lipinski definition) is 1.